The molecule has 0 saturated heterocycles. The summed E-state index contributed by atoms with van der Waals surface area (Å²) in [6.45, 7) is 3.41. The third-order valence-corrected chi connectivity index (χ3v) is 4.03. The fraction of sp³-hybridized carbons (Fsp3) is 0.105. The molecule has 0 unspecified atom stereocenters. The molecule has 3 N–H and O–H groups in total. The minimum Gasteiger partial charge on any atom is -0.340 e. The van der Waals surface area contributed by atoms with Gasteiger partial charge in [0.25, 0.3) is 0 Å². The summed E-state index contributed by atoms with van der Waals surface area (Å²) in [6.07, 6.45) is 1.66. The maximum atomic E-state index is 11.2. The highest BCUT2D eigenvalue weighted by atomic mass is 35.5. The van der Waals surface area contributed by atoms with Crippen LogP contribution in [0.1, 0.15) is 12.5 Å². The van der Waals surface area contributed by atoms with Gasteiger partial charge in [-0.15, -0.1) is 0 Å². The number of nitrogens with zero attached hydrogens (tertiary/aromatic N) is 2. The van der Waals surface area contributed by atoms with Crippen LogP contribution in [0.3, 0.4) is 0 Å². The number of aromatic nitrogens is 2. The standard InChI is InChI=1S/C19H18ClN5O/c1-12-16(20)7-4-8-17(12)24-18-9-10-21-19(25-18)23-15-6-3-5-14(11-15)22-13(2)26/h3-11H,1-2H3,(H,22,26)(H2,21,23,24,25). The first kappa shape index (κ1) is 17.7. The number of nitrogens with one attached hydrogen (secondary N) is 3. The summed E-state index contributed by atoms with van der Waals surface area (Å²) in [7, 11) is 0. The van der Waals surface area contributed by atoms with E-state index in [4.69, 9.17) is 11.6 Å². The van der Waals surface area contributed by atoms with E-state index in [1.165, 1.54) is 6.92 Å². The van der Waals surface area contributed by atoms with Gasteiger partial charge in [0.15, 0.2) is 0 Å². The number of hydrogen-bond donors (Lipinski definition) is 3. The molecule has 0 fully saturated rings. The molecule has 132 valence electrons. The summed E-state index contributed by atoms with van der Waals surface area (Å²) in [6, 6.07) is 14.8. The van der Waals surface area contributed by atoms with Gasteiger partial charge in [-0.2, -0.15) is 4.98 Å². The van der Waals surface area contributed by atoms with Crippen molar-refractivity contribution in [3.63, 3.8) is 0 Å². The Morgan fingerprint density at radius 1 is 1.04 bits per heavy atom. The molecule has 1 amide bonds. The Labute approximate surface area is 156 Å². The van der Waals surface area contributed by atoms with Gasteiger partial charge in [0.1, 0.15) is 5.82 Å². The lowest BCUT2D eigenvalue weighted by molar-refractivity contribution is -0.114. The molecule has 0 radical (unpaired) electrons. The van der Waals surface area contributed by atoms with Crippen LogP contribution in [-0.2, 0) is 4.79 Å². The average molecular weight is 368 g/mol. The molecule has 7 heteroatoms. The van der Waals surface area contributed by atoms with E-state index in [-0.39, 0.29) is 5.91 Å². The van der Waals surface area contributed by atoms with Gasteiger partial charge in [0.2, 0.25) is 11.9 Å². The molecule has 0 saturated carbocycles. The highest BCUT2D eigenvalue weighted by Crippen LogP contribution is 2.26. The van der Waals surface area contributed by atoms with Crippen molar-refractivity contribution < 1.29 is 4.79 Å². The van der Waals surface area contributed by atoms with Crippen LogP contribution in [0.25, 0.3) is 0 Å². The normalized spacial score (nSPS) is 10.3. The van der Waals surface area contributed by atoms with Crippen molar-refractivity contribution in [1.82, 2.24) is 9.97 Å². The van der Waals surface area contributed by atoms with Gasteiger partial charge in [-0.25, -0.2) is 4.98 Å². The Morgan fingerprint density at radius 2 is 1.81 bits per heavy atom. The van der Waals surface area contributed by atoms with E-state index in [1.807, 2.05) is 49.4 Å². The van der Waals surface area contributed by atoms with Crippen molar-refractivity contribution in [3.8, 4) is 0 Å². The van der Waals surface area contributed by atoms with E-state index in [9.17, 15) is 4.79 Å². The van der Waals surface area contributed by atoms with Crippen LogP contribution in [0.2, 0.25) is 5.02 Å². The first-order valence-corrected chi connectivity index (χ1v) is 8.39. The molecule has 3 rings (SSSR count). The largest absolute Gasteiger partial charge is 0.340 e. The second-order valence-electron chi connectivity index (χ2n) is 5.69. The Balaban J connectivity index is 1.77. The second kappa shape index (κ2) is 7.84. The van der Waals surface area contributed by atoms with Crippen molar-refractivity contribution in [2.45, 2.75) is 13.8 Å². The van der Waals surface area contributed by atoms with Crippen molar-refractivity contribution >= 4 is 46.3 Å². The highest BCUT2D eigenvalue weighted by molar-refractivity contribution is 6.31. The fourth-order valence-electron chi connectivity index (χ4n) is 2.38. The van der Waals surface area contributed by atoms with Crippen LogP contribution in [0.15, 0.2) is 54.7 Å². The average Bonchev–Trinajstić information content (AvgIpc) is 2.59. The topological polar surface area (TPSA) is 78.9 Å². The third kappa shape index (κ3) is 4.49. The van der Waals surface area contributed by atoms with E-state index >= 15 is 0 Å². The lowest BCUT2D eigenvalue weighted by Gasteiger charge is -2.11. The molecule has 0 atom stereocenters. The van der Waals surface area contributed by atoms with Gasteiger partial charge in [-0.1, -0.05) is 23.7 Å². The van der Waals surface area contributed by atoms with E-state index in [0.717, 1.165) is 16.9 Å². The van der Waals surface area contributed by atoms with Crippen LogP contribution in [0, 0.1) is 6.92 Å². The molecule has 0 spiro atoms. The Hall–Kier alpha value is -3.12. The monoisotopic (exact) mass is 367 g/mol. The highest BCUT2D eigenvalue weighted by Gasteiger charge is 2.05. The first-order chi connectivity index (χ1) is 12.5. The van der Waals surface area contributed by atoms with Gasteiger partial charge in [-0.3, -0.25) is 4.79 Å². The maximum Gasteiger partial charge on any atom is 0.229 e. The Morgan fingerprint density at radius 3 is 2.62 bits per heavy atom. The lowest BCUT2D eigenvalue weighted by atomic mass is 10.2. The number of halogens is 1. The Bertz CT molecular complexity index is 945. The molecular weight excluding hydrogens is 350 g/mol. The smallest absolute Gasteiger partial charge is 0.229 e. The molecule has 0 bridgehead atoms. The zero-order valence-electron chi connectivity index (χ0n) is 14.4. The quantitative estimate of drug-likeness (QED) is 0.598. The number of carbonyl (C=O) groups is 1. The Kier molecular flexibility index (Phi) is 5.34. The first-order valence-electron chi connectivity index (χ1n) is 8.01. The number of amides is 1. The lowest BCUT2D eigenvalue weighted by Crippen LogP contribution is -2.06. The molecule has 1 heterocycles. The van der Waals surface area contributed by atoms with Crippen LogP contribution >= 0.6 is 11.6 Å². The van der Waals surface area contributed by atoms with Gasteiger partial charge >= 0.3 is 0 Å². The summed E-state index contributed by atoms with van der Waals surface area (Å²) in [5, 5.41) is 9.81. The maximum absolute atomic E-state index is 11.2. The zero-order chi connectivity index (χ0) is 18.5. The van der Waals surface area contributed by atoms with Crippen LogP contribution < -0.4 is 16.0 Å². The van der Waals surface area contributed by atoms with Crippen molar-refractivity contribution in [2.24, 2.45) is 0 Å². The van der Waals surface area contributed by atoms with Crippen LogP contribution in [0.4, 0.5) is 28.8 Å². The van der Waals surface area contributed by atoms with Crippen molar-refractivity contribution in [2.75, 3.05) is 16.0 Å². The number of carbonyl (C=O) groups excluding carboxylic acids is 1. The number of rotatable bonds is 5. The SMILES string of the molecule is CC(=O)Nc1cccc(Nc2nccc(Nc3cccc(Cl)c3C)n2)c1. The van der Waals surface area contributed by atoms with E-state index in [1.54, 1.807) is 12.3 Å². The number of anilines is 5. The zero-order valence-corrected chi connectivity index (χ0v) is 15.1. The minimum absolute atomic E-state index is 0.124. The van der Waals surface area contributed by atoms with E-state index < -0.39 is 0 Å². The minimum atomic E-state index is -0.124. The van der Waals surface area contributed by atoms with E-state index in [0.29, 0.717) is 22.5 Å². The van der Waals surface area contributed by atoms with E-state index in [2.05, 4.69) is 25.9 Å². The molecular formula is C19H18ClN5O. The van der Waals surface area contributed by atoms with Crippen LogP contribution in [0.5, 0.6) is 0 Å². The predicted octanol–water partition coefficient (Wildman–Crippen LogP) is 4.88. The molecule has 0 aliphatic rings. The van der Waals surface area contributed by atoms with Gasteiger partial charge in [-0.05, 0) is 48.9 Å². The molecule has 0 aliphatic heterocycles. The molecule has 0 aliphatic carbocycles. The van der Waals surface area contributed by atoms with Crippen LogP contribution in [-0.4, -0.2) is 15.9 Å². The van der Waals surface area contributed by atoms with Gasteiger partial charge in [0.05, 0.1) is 0 Å². The molecule has 2 aromatic carbocycles. The fourth-order valence-corrected chi connectivity index (χ4v) is 2.55. The summed E-state index contributed by atoms with van der Waals surface area (Å²) in [5.74, 6) is 0.960. The van der Waals surface area contributed by atoms with Crippen molar-refractivity contribution in [3.05, 3.63) is 65.3 Å². The van der Waals surface area contributed by atoms with Crippen molar-refractivity contribution in [1.29, 1.82) is 0 Å². The summed E-state index contributed by atoms with van der Waals surface area (Å²) >= 11 is 6.15. The number of benzene rings is 2. The summed E-state index contributed by atoms with van der Waals surface area (Å²) < 4.78 is 0. The van der Waals surface area contributed by atoms with Gasteiger partial charge < -0.3 is 16.0 Å². The summed E-state index contributed by atoms with van der Waals surface area (Å²) in [5.41, 5.74) is 3.30. The molecule has 26 heavy (non-hydrogen) atoms. The van der Waals surface area contributed by atoms with Gasteiger partial charge in [0, 0.05) is 35.2 Å². The number of hydrogen-bond acceptors (Lipinski definition) is 5. The molecule has 6 nitrogen and oxygen atoms in total. The second-order valence-corrected chi connectivity index (χ2v) is 6.10. The predicted molar refractivity (Wildman–Crippen MR) is 106 cm³/mol. The molecule has 1 aromatic heterocycles. The molecule has 3 aromatic rings. The summed E-state index contributed by atoms with van der Waals surface area (Å²) in [4.78, 5) is 19.9. The third-order valence-electron chi connectivity index (χ3n) is 3.63.